The maximum Gasteiger partial charge on any atom is 0.118 e. The van der Waals surface area contributed by atoms with Crippen molar-refractivity contribution in [3.8, 4) is 5.75 Å². The van der Waals surface area contributed by atoms with Crippen LogP contribution in [0.1, 0.15) is 25.8 Å². The van der Waals surface area contributed by atoms with Gasteiger partial charge in [-0.1, -0.05) is 12.1 Å². The van der Waals surface area contributed by atoms with Crippen molar-refractivity contribution in [3.05, 3.63) is 29.8 Å². The molecular formula is C17H29N3O. The minimum Gasteiger partial charge on any atom is -0.497 e. The lowest BCUT2D eigenvalue weighted by Crippen LogP contribution is -2.54. The van der Waals surface area contributed by atoms with Gasteiger partial charge in [-0.25, -0.2) is 0 Å². The first kappa shape index (κ1) is 16.3. The maximum absolute atomic E-state index is 6.14. The van der Waals surface area contributed by atoms with Gasteiger partial charge in [0.15, 0.2) is 0 Å². The summed E-state index contributed by atoms with van der Waals surface area (Å²) in [5.41, 5.74) is 7.54. The average molecular weight is 291 g/mol. The summed E-state index contributed by atoms with van der Waals surface area (Å²) in [4.78, 5) is 4.95. The van der Waals surface area contributed by atoms with Crippen molar-refractivity contribution in [1.29, 1.82) is 0 Å². The number of likely N-dealkylation sites (N-methyl/N-ethyl adjacent to an activating group) is 1. The molecule has 0 aliphatic carbocycles. The van der Waals surface area contributed by atoms with Crippen LogP contribution < -0.4 is 10.5 Å². The fourth-order valence-corrected chi connectivity index (χ4v) is 3.14. The van der Waals surface area contributed by atoms with E-state index in [9.17, 15) is 0 Å². The quantitative estimate of drug-likeness (QED) is 0.870. The summed E-state index contributed by atoms with van der Waals surface area (Å²) in [5, 5.41) is 0. The van der Waals surface area contributed by atoms with E-state index in [1.807, 2.05) is 12.1 Å². The molecule has 1 saturated heterocycles. The van der Waals surface area contributed by atoms with Crippen LogP contribution in [0, 0.1) is 0 Å². The summed E-state index contributed by atoms with van der Waals surface area (Å²) in [6.45, 7) is 8.36. The smallest absolute Gasteiger partial charge is 0.118 e. The van der Waals surface area contributed by atoms with Gasteiger partial charge in [-0.15, -0.1) is 0 Å². The molecule has 1 unspecified atom stereocenters. The SMILES string of the molecule is COc1ccc(CN(C)C2(CN)CCN(C(C)C)C2)cc1. The predicted molar refractivity (Wildman–Crippen MR) is 87.6 cm³/mol. The molecule has 1 aromatic carbocycles. The molecule has 21 heavy (non-hydrogen) atoms. The fourth-order valence-electron chi connectivity index (χ4n) is 3.14. The number of nitrogens with two attached hydrogens (primary N) is 1. The van der Waals surface area contributed by atoms with Crippen molar-refractivity contribution in [2.45, 2.75) is 38.4 Å². The second kappa shape index (κ2) is 6.77. The fraction of sp³-hybridized carbons (Fsp3) is 0.647. The first-order valence-corrected chi connectivity index (χ1v) is 7.79. The molecule has 1 heterocycles. The molecule has 1 fully saturated rings. The molecule has 2 N–H and O–H groups in total. The molecular weight excluding hydrogens is 262 g/mol. The minimum atomic E-state index is 0.101. The highest BCUT2D eigenvalue weighted by Crippen LogP contribution is 2.29. The molecule has 0 amide bonds. The van der Waals surface area contributed by atoms with Gasteiger partial charge in [0.2, 0.25) is 0 Å². The summed E-state index contributed by atoms with van der Waals surface area (Å²) in [7, 11) is 3.89. The van der Waals surface area contributed by atoms with E-state index >= 15 is 0 Å². The second-order valence-corrected chi connectivity index (χ2v) is 6.45. The number of nitrogens with zero attached hydrogens (tertiary/aromatic N) is 2. The molecule has 1 aliphatic rings. The van der Waals surface area contributed by atoms with Crippen molar-refractivity contribution < 1.29 is 4.74 Å². The third-order valence-electron chi connectivity index (χ3n) is 4.86. The standard InChI is InChI=1S/C17H29N3O/c1-14(2)20-10-9-17(12-18,13-20)19(3)11-15-5-7-16(21-4)8-6-15/h5-8,14H,9-13,18H2,1-4H3. The summed E-state index contributed by atoms with van der Waals surface area (Å²) in [6, 6.07) is 8.90. The van der Waals surface area contributed by atoms with Crippen LogP contribution in [-0.4, -0.2) is 55.2 Å². The third-order valence-corrected chi connectivity index (χ3v) is 4.86. The van der Waals surface area contributed by atoms with Gasteiger partial charge in [0, 0.05) is 37.8 Å². The van der Waals surface area contributed by atoms with E-state index in [0.717, 1.165) is 31.8 Å². The van der Waals surface area contributed by atoms with E-state index in [0.29, 0.717) is 12.6 Å². The van der Waals surface area contributed by atoms with E-state index in [4.69, 9.17) is 10.5 Å². The molecule has 4 heteroatoms. The molecule has 0 aromatic heterocycles. The number of rotatable bonds is 6. The zero-order chi connectivity index (χ0) is 15.5. The van der Waals surface area contributed by atoms with Crippen LogP contribution >= 0.6 is 0 Å². The Morgan fingerprint density at radius 3 is 2.48 bits per heavy atom. The van der Waals surface area contributed by atoms with Crippen LogP contribution in [0.3, 0.4) is 0 Å². The zero-order valence-electron chi connectivity index (χ0n) is 13.8. The zero-order valence-corrected chi connectivity index (χ0v) is 13.8. The highest BCUT2D eigenvalue weighted by molar-refractivity contribution is 5.27. The summed E-state index contributed by atoms with van der Waals surface area (Å²) in [6.07, 6.45) is 1.15. The Morgan fingerprint density at radius 1 is 1.33 bits per heavy atom. The number of hydrogen-bond acceptors (Lipinski definition) is 4. The molecule has 118 valence electrons. The molecule has 0 radical (unpaired) electrons. The summed E-state index contributed by atoms with van der Waals surface area (Å²) < 4.78 is 5.22. The maximum atomic E-state index is 6.14. The van der Waals surface area contributed by atoms with Gasteiger partial charge in [0.1, 0.15) is 5.75 Å². The molecule has 0 saturated carbocycles. The average Bonchev–Trinajstić information content (AvgIpc) is 2.94. The lowest BCUT2D eigenvalue weighted by molar-refractivity contribution is 0.116. The largest absolute Gasteiger partial charge is 0.497 e. The van der Waals surface area contributed by atoms with Crippen LogP contribution in [0.4, 0.5) is 0 Å². The normalized spacial score (nSPS) is 23.2. The highest BCUT2D eigenvalue weighted by atomic mass is 16.5. The van der Waals surface area contributed by atoms with E-state index in [-0.39, 0.29) is 5.54 Å². The van der Waals surface area contributed by atoms with E-state index in [2.05, 4.69) is 42.8 Å². The van der Waals surface area contributed by atoms with Crippen molar-refractivity contribution in [2.75, 3.05) is 33.8 Å². The lowest BCUT2D eigenvalue weighted by atomic mass is 9.96. The van der Waals surface area contributed by atoms with E-state index < -0.39 is 0 Å². The van der Waals surface area contributed by atoms with Crippen molar-refractivity contribution in [1.82, 2.24) is 9.80 Å². The minimum absolute atomic E-state index is 0.101. The Balaban J connectivity index is 2.04. The van der Waals surface area contributed by atoms with Gasteiger partial charge in [-0.2, -0.15) is 0 Å². The number of ether oxygens (including phenoxy) is 1. The number of methoxy groups -OCH3 is 1. The number of likely N-dealkylation sites (tertiary alicyclic amines) is 1. The Bertz CT molecular complexity index is 446. The Kier molecular flexibility index (Phi) is 5.25. The van der Waals surface area contributed by atoms with Gasteiger partial charge < -0.3 is 10.5 Å². The van der Waals surface area contributed by atoms with Crippen LogP contribution in [0.15, 0.2) is 24.3 Å². The topological polar surface area (TPSA) is 41.7 Å². The van der Waals surface area contributed by atoms with E-state index in [1.54, 1.807) is 7.11 Å². The molecule has 0 bridgehead atoms. The Hall–Kier alpha value is -1.10. The van der Waals surface area contributed by atoms with Crippen LogP contribution in [0.2, 0.25) is 0 Å². The molecule has 1 atom stereocenters. The summed E-state index contributed by atoms with van der Waals surface area (Å²) >= 11 is 0. The molecule has 2 rings (SSSR count). The lowest BCUT2D eigenvalue weighted by Gasteiger charge is -2.38. The van der Waals surface area contributed by atoms with Crippen LogP contribution in [0.5, 0.6) is 5.75 Å². The van der Waals surface area contributed by atoms with Gasteiger partial charge >= 0.3 is 0 Å². The van der Waals surface area contributed by atoms with Crippen LogP contribution in [0.25, 0.3) is 0 Å². The van der Waals surface area contributed by atoms with Gasteiger partial charge in [0.05, 0.1) is 7.11 Å². The first-order valence-electron chi connectivity index (χ1n) is 7.79. The van der Waals surface area contributed by atoms with Crippen LogP contribution in [-0.2, 0) is 6.54 Å². The predicted octanol–water partition coefficient (Wildman–Crippen LogP) is 1.94. The van der Waals surface area contributed by atoms with Crippen molar-refractivity contribution in [2.24, 2.45) is 5.73 Å². The molecule has 1 aliphatic heterocycles. The van der Waals surface area contributed by atoms with Gasteiger partial charge in [-0.3, -0.25) is 9.80 Å². The molecule has 4 nitrogen and oxygen atoms in total. The van der Waals surface area contributed by atoms with E-state index in [1.165, 1.54) is 5.56 Å². The third kappa shape index (κ3) is 3.57. The van der Waals surface area contributed by atoms with Crippen molar-refractivity contribution >= 4 is 0 Å². The number of benzene rings is 1. The second-order valence-electron chi connectivity index (χ2n) is 6.45. The van der Waals surface area contributed by atoms with Gasteiger partial charge in [-0.05, 0) is 45.0 Å². The molecule has 1 aromatic rings. The van der Waals surface area contributed by atoms with Gasteiger partial charge in [0.25, 0.3) is 0 Å². The van der Waals surface area contributed by atoms with Crippen molar-refractivity contribution in [3.63, 3.8) is 0 Å². The first-order chi connectivity index (χ1) is 10.0. The monoisotopic (exact) mass is 291 g/mol. The Labute approximate surface area is 128 Å². The number of hydrogen-bond donors (Lipinski definition) is 1. The highest BCUT2D eigenvalue weighted by Gasteiger charge is 2.40. The summed E-state index contributed by atoms with van der Waals surface area (Å²) in [5.74, 6) is 0.904. The Morgan fingerprint density at radius 2 is 2.00 bits per heavy atom. The molecule has 0 spiro atoms.